The van der Waals surface area contributed by atoms with Crippen LogP contribution < -0.4 is 0 Å². The predicted molar refractivity (Wildman–Crippen MR) is 48.2 cm³/mol. The molecule has 1 aliphatic heterocycles. The molecule has 1 fully saturated rings. The zero-order chi connectivity index (χ0) is 8.97. The molecule has 0 spiro atoms. The van der Waals surface area contributed by atoms with Gasteiger partial charge in [0, 0.05) is 13.1 Å². The van der Waals surface area contributed by atoms with Crippen LogP contribution in [0.2, 0.25) is 0 Å². The Morgan fingerprint density at radius 3 is 2.92 bits per heavy atom. The second-order valence-electron chi connectivity index (χ2n) is 3.28. The summed E-state index contributed by atoms with van der Waals surface area (Å²) >= 11 is 0. The van der Waals surface area contributed by atoms with Crippen molar-refractivity contribution in [3.8, 4) is 0 Å². The van der Waals surface area contributed by atoms with Crippen molar-refractivity contribution in [3.63, 3.8) is 0 Å². The number of morpholine rings is 1. The lowest BCUT2D eigenvalue weighted by Crippen LogP contribution is -2.47. The first kappa shape index (κ1) is 9.96. The fourth-order valence-electron chi connectivity index (χ4n) is 1.51. The van der Waals surface area contributed by atoms with Gasteiger partial charge in [0.05, 0.1) is 18.8 Å². The fraction of sp³-hybridized carbons (Fsp3) is 1.00. The maximum atomic E-state index is 9.54. The van der Waals surface area contributed by atoms with Crippen LogP contribution in [0.5, 0.6) is 0 Å². The topological polar surface area (TPSA) is 32.7 Å². The molecule has 0 saturated carbocycles. The molecule has 1 saturated heterocycles. The molecule has 0 amide bonds. The van der Waals surface area contributed by atoms with E-state index in [2.05, 4.69) is 11.8 Å². The summed E-state index contributed by atoms with van der Waals surface area (Å²) in [5.74, 6) is 0. The van der Waals surface area contributed by atoms with E-state index in [9.17, 15) is 5.11 Å². The molecule has 0 aliphatic carbocycles. The Kier molecular flexibility index (Phi) is 3.98. The van der Waals surface area contributed by atoms with Crippen LogP contribution >= 0.6 is 0 Å². The summed E-state index contributed by atoms with van der Waals surface area (Å²) < 4.78 is 5.47. The second kappa shape index (κ2) is 4.80. The molecule has 1 aliphatic rings. The monoisotopic (exact) mass is 173 g/mol. The lowest BCUT2D eigenvalue weighted by Gasteiger charge is -2.34. The van der Waals surface area contributed by atoms with Gasteiger partial charge in [-0.25, -0.2) is 0 Å². The van der Waals surface area contributed by atoms with Crippen molar-refractivity contribution in [2.75, 3.05) is 26.2 Å². The van der Waals surface area contributed by atoms with E-state index in [0.717, 1.165) is 32.7 Å². The van der Waals surface area contributed by atoms with Gasteiger partial charge < -0.3 is 9.84 Å². The third-order valence-electron chi connectivity index (χ3n) is 2.47. The molecule has 12 heavy (non-hydrogen) atoms. The smallest absolute Gasteiger partial charge is 0.0960 e. The Morgan fingerprint density at radius 1 is 1.58 bits per heavy atom. The van der Waals surface area contributed by atoms with Crippen molar-refractivity contribution in [2.24, 2.45) is 0 Å². The van der Waals surface area contributed by atoms with Gasteiger partial charge in [-0.3, -0.25) is 4.90 Å². The quantitative estimate of drug-likeness (QED) is 0.673. The number of rotatable bonds is 3. The zero-order valence-corrected chi connectivity index (χ0v) is 7.99. The lowest BCUT2D eigenvalue weighted by atomic mass is 10.1. The number of hydrogen-bond acceptors (Lipinski definition) is 3. The fourth-order valence-corrected chi connectivity index (χ4v) is 1.51. The number of hydrogen-bond donors (Lipinski definition) is 1. The molecule has 1 rings (SSSR count). The molecular weight excluding hydrogens is 154 g/mol. The van der Waals surface area contributed by atoms with E-state index in [1.165, 1.54) is 0 Å². The molecule has 2 atom stereocenters. The van der Waals surface area contributed by atoms with E-state index in [4.69, 9.17) is 4.74 Å². The van der Waals surface area contributed by atoms with Crippen molar-refractivity contribution >= 4 is 0 Å². The highest BCUT2D eigenvalue weighted by molar-refractivity contribution is 4.76. The molecule has 3 heteroatoms. The van der Waals surface area contributed by atoms with Crippen molar-refractivity contribution in [3.05, 3.63) is 0 Å². The van der Waals surface area contributed by atoms with Gasteiger partial charge in [0.25, 0.3) is 0 Å². The van der Waals surface area contributed by atoms with E-state index in [0.29, 0.717) is 0 Å². The molecule has 72 valence electrons. The molecule has 0 aromatic heterocycles. The average molecular weight is 173 g/mol. The molecule has 3 nitrogen and oxygen atoms in total. The van der Waals surface area contributed by atoms with Gasteiger partial charge >= 0.3 is 0 Å². The number of likely N-dealkylation sites (N-methyl/N-ethyl adjacent to an activating group) is 1. The van der Waals surface area contributed by atoms with Crippen LogP contribution in [0, 0.1) is 0 Å². The van der Waals surface area contributed by atoms with Crippen LogP contribution in [0.25, 0.3) is 0 Å². The second-order valence-corrected chi connectivity index (χ2v) is 3.28. The van der Waals surface area contributed by atoms with Crippen LogP contribution in [-0.2, 0) is 4.74 Å². The summed E-state index contributed by atoms with van der Waals surface area (Å²) in [6, 6.07) is 0. The molecule has 0 radical (unpaired) electrons. The van der Waals surface area contributed by atoms with Gasteiger partial charge in [0.2, 0.25) is 0 Å². The normalized spacial score (nSPS) is 28.8. The van der Waals surface area contributed by atoms with Crippen molar-refractivity contribution in [1.82, 2.24) is 4.90 Å². The maximum Gasteiger partial charge on any atom is 0.0960 e. The van der Waals surface area contributed by atoms with Gasteiger partial charge in [-0.2, -0.15) is 0 Å². The van der Waals surface area contributed by atoms with E-state index in [-0.39, 0.29) is 12.2 Å². The maximum absolute atomic E-state index is 9.54. The van der Waals surface area contributed by atoms with Crippen LogP contribution in [0.1, 0.15) is 20.3 Å². The van der Waals surface area contributed by atoms with Crippen molar-refractivity contribution < 1.29 is 9.84 Å². The van der Waals surface area contributed by atoms with Gasteiger partial charge in [-0.05, 0) is 13.0 Å². The molecule has 2 unspecified atom stereocenters. The Labute approximate surface area is 74.3 Å². The number of nitrogens with zero attached hydrogens (tertiary/aromatic N) is 1. The van der Waals surface area contributed by atoms with Gasteiger partial charge in [0.1, 0.15) is 0 Å². The average Bonchev–Trinajstić information content (AvgIpc) is 2.17. The minimum atomic E-state index is -0.292. The number of ether oxygens (including phenoxy) is 1. The minimum Gasteiger partial charge on any atom is -0.390 e. The Bertz CT molecular complexity index is 128. The molecule has 0 aromatic carbocycles. The molecule has 0 aromatic rings. The summed E-state index contributed by atoms with van der Waals surface area (Å²) in [5.41, 5.74) is 0. The van der Waals surface area contributed by atoms with Crippen LogP contribution in [0.4, 0.5) is 0 Å². The highest BCUT2D eigenvalue weighted by Gasteiger charge is 2.24. The van der Waals surface area contributed by atoms with E-state index >= 15 is 0 Å². The number of aliphatic hydroxyl groups excluding tert-OH is 1. The Hall–Kier alpha value is -0.120. The lowest BCUT2D eigenvalue weighted by molar-refractivity contribution is -0.0878. The molecule has 1 heterocycles. The summed E-state index contributed by atoms with van der Waals surface area (Å²) in [6.07, 6.45) is 0.519. The van der Waals surface area contributed by atoms with E-state index < -0.39 is 0 Å². The zero-order valence-electron chi connectivity index (χ0n) is 7.99. The standard InChI is InChI=1S/C9H19NO2/c1-3-8(11)9-7-10(4-2)5-6-12-9/h8-9,11H,3-7H2,1-2H3. The van der Waals surface area contributed by atoms with Crippen LogP contribution in [-0.4, -0.2) is 48.5 Å². The highest BCUT2D eigenvalue weighted by atomic mass is 16.5. The molecule has 1 N–H and O–H groups in total. The first-order valence-electron chi connectivity index (χ1n) is 4.80. The Balaban J connectivity index is 2.34. The Morgan fingerprint density at radius 2 is 2.33 bits per heavy atom. The van der Waals surface area contributed by atoms with Crippen LogP contribution in [0.15, 0.2) is 0 Å². The van der Waals surface area contributed by atoms with Crippen molar-refractivity contribution in [2.45, 2.75) is 32.5 Å². The van der Waals surface area contributed by atoms with Gasteiger partial charge in [0.15, 0.2) is 0 Å². The number of aliphatic hydroxyl groups is 1. The predicted octanol–water partition coefficient (Wildman–Crippen LogP) is 0.478. The first-order chi connectivity index (χ1) is 5.77. The van der Waals surface area contributed by atoms with E-state index in [1.807, 2.05) is 6.92 Å². The van der Waals surface area contributed by atoms with Crippen molar-refractivity contribution in [1.29, 1.82) is 0 Å². The van der Waals surface area contributed by atoms with Gasteiger partial charge in [-0.15, -0.1) is 0 Å². The third-order valence-corrected chi connectivity index (χ3v) is 2.47. The summed E-state index contributed by atoms with van der Waals surface area (Å²) in [4.78, 5) is 2.31. The summed E-state index contributed by atoms with van der Waals surface area (Å²) in [5, 5.41) is 9.54. The summed E-state index contributed by atoms with van der Waals surface area (Å²) in [7, 11) is 0. The largest absolute Gasteiger partial charge is 0.390 e. The SMILES string of the molecule is CCC(O)C1CN(CC)CCO1. The van der Waals surface area contributed by atoms with Crippen LogP contribution in [0.3, 0.4) is 0 Å². The molecular formula is C9H19NO2. The first-order valence-corrected chi connectivity index (χ1v) is 4.80. The molecule has 0 bridgehead atoms. The minimum absolute atomic E-state index is 0.0312. The summed E-state index contributed by atoms with van der Waals surface area (Å²) in [6.45, 7) is 7.82. The van der Waals surface area contributed by atoms with Gasteiger partial charge in [-0.1, -0.05) is 13.8 Å². The highest BCUT2D eigenvalue weighted by Crippen LogP contribution is 2.10. The van der Waals surface area contributed by atoms with E-state index in [1.54, 1.807) is 0 Å². The third kappa shape index (κ3) is 2.44.